The summed E-state index contributed by atoms with van der Waals surface area (Å²) < 4.78 is 4.05. The van der Waals surface area contributed by atoms with Crippen LogP contribution in [-0.4, -0.2) is 11.3 Å². The van der Waals surface area contributed by atoms with E-state index in [9.17, 15) is 0 Å². The van der Waals surface area contributed by atoms with Gasteiger partial charge in [0.1, 0.15) is 0 Å². The van der Waals surface area contributed by atoms with Gasteiger partial charge < -0.3 is 14.3 Å². The molecule has 12 rings (SSSR count). The molecule has 2 aliphatic heterocycles. The van der Waals surface area contributed by atoms with Gasteiger partial charge in [0.25, 0.3) is 0 Å². The third kappa shape index (κ3) is 5.37. The molecule has 0 amide bonds. The summed E-state index contributed by atoms with van der Waals surface area (Å²) in [6.07, 6.45) is 0. The Morgan fingerprint density at radius 1 is 0.532 bits per heavy atom. The lowest BCUT2D eigenvalue weighted by atomic mass is 9.45. The van der Waals surface area contributed by atoms with E-state index in [0.29, 0.717) is 0 Å². The number of thiophene rings is 1. The average molecular weight is 818 g/mol. The van der Waals surface area contributed by atoms with Gasteiger partial charge in [0.15, 0.2) is 0 Å². The highest BCUT2D eigenvalue weighted by molar-refractivity contribution is 7.26. The largest absolute Gasteiger partial charge is 0.367 e. The summed E-state index contributed by atoms with van der Waals surface area (Å²) in [4.78, 5) is 6.36. The maximum absolute atomic E-state index is 2.72. The van der Waals surface area contributed by atoms with Crippen LogP contribution in [0.3, 0.4) is 0 Å². The SMILES string of the molecule is Cc1ccccc1N1c2cc(N(c3ccc(C(C)(C)C)cc3)c3ccc(C(C)(C)C)cc3)ccc2B2c3c1cc1ccccc1c3-c1cccc3c4c5ccccc5sc4n2c13. The van der Waals surface area contributed by atoms with Crippen molar-refractivity contribution in [1.82, 2.24) is 4.48 Å². The number of hydrogen-bond donors (Lipinski definition) is 0. The maximum Gasteiger partial charge on any atom is 0.333 e. The number of aryl methyl sites for hydroxylation is 1. The number of hydrogen-bond acceptors (Lipinski definition) is 3. The van der Waals surface area contributed by atoms with E-state index in [-0.39, 0.29) is 17.7 Å². The number of anilines is 6. The van der Waals surface area contributed by atoms with Crippen LogP contribution >= 0.6 is 11.3 Å². The van der Waals surface area contributed by atoms with Crippen molar-refractivity contribution in [2.75, 3.05) is 9.80 Å². The first-order valence-corrected chi connectivity index (χ1v) is 22.8. The normalized spacial score (nSPS) is 13.3. The Balaban J connectivity index is 1.18. The summed E-state index contributed by atoms with van der Waals surface area (Å²) in [7, 11) is 0. The number of benzene rings is 8. The molecule has 3 nitrogen and oxygen atoms in total. The van der Waals surface area contributed by atoms with E-state index in [4.69, 9.17) is 0 Å². The Labute approximate surface area is 368 Å². The lowest BCUT2D eigenvalue weighted by Crippen LogP contribution is -2.56. The highest BCUT2D eigenvalue weighted by atomic mass is 32.1. The first-order valence-electron chi connectivity index (χ1n) is 22.0. The molecule has 0 unspecified atom stereocenters. The molecule has 0 saturated heterocycles. The van der Waals surface area contributed by atoms with Crippen LogP contribution in [0.1, 0.15) is 58.2 Å². The Hall–Kier alpha value is -6.56. The molecule has 0 radical (unpaired) electrons. The van der Waals surface area contributed by atoms with E-state index < -0.39 is 0 Å². The minimum absolute atomic E-state index is 0.0394. The average Bonchev–Trinajstić information content (AvgIpc) is 3.80. The zero-order chi connectivity index (χ0) is 42.2. The van der Waals surface area contributed by atoms with Crippen LogP contribution in [0.25, 0.3) is 53.1 Å². The van der Waals surface area contributed by atoms with E-state index in [0.717, 1.165) is 17.1 Å². The van der Waals surface area contributed by atoms with Crippen molar-refractivity contribution >= 4 is 105 Å². The van der Waals surface area contributed by atoms with Crippen LogP contribution in [0, 0.1) is 6.92 Å². The number of para-hydroxylation sites is 2. The van der Waals surface area contributed by atoms with Crippen molar-refractivity contribution in [3.05, 3.63) is 180 Å². The smallest absolute Gasteiger partial charge is 0.333 e. The number of aromatic nitrogens is 1. The van der Waals surface area contributed by atoms with Crippen LogP contribution in [0.4, 0.5) is 34.1 Å². The molecule has 62 heavy (non-hydrogen) atoms. The number of rotatable bonds is 4. The topological polar surface area (TPSA) is 11.4 Å². The van der Waals surface area contributed by atoms with Gasteiger partial charge in [0.05, 0.1) is 4.83 Å². The van der Waals surface area contributed by atoms with Crippen LogP contribution in [0.5, 0.6) is 0 Å². The lowest BCUT2D eigenvalue weighted by molar-refractivity contribution is 0.590. The fraction of sp³-hybridized carbons (Fsp3) is 0.158. The summed E-state index contributed by atoms with van der Waals surface area (Å²) in [6.45, 7) is 15.9. The molecule has 0 N–H and O–H groups in total. The molecule has 0 saturated carbocycles. The third-order valence-corrected chi connectivity index (χ3v) is 14.8. The van der Waals surface area contributed by atoms with Gasteiger partial charge in [-0.25, -0.2) is 0 Å². The number of nitrogens with zero attached hydrogens (tertiary/aromatic N) is 3. The quantitative estimate of drug-likeness (QED) is 0.164. The van der Waals surface area contributed by atoms with Gasteiger partial charge >= 0.3 is 6.85 Å². The molecule has 8 aromatic carbocycles. The monoisotopic (exact) mass is 817 g/mol. The zero-order valence-corrected chi connectivity index (χ0v) is 37.2. The molecule has 0 atom stereocenters. The second-order valence-electron chi connectivity index (χ2n) is 19.5. The van der Waals surface area contributed by atoms with Crippen molar-refractivity contribution in [2.24, 2.45) is 0 Å². The van der Waals surface area contributed by atoms with Crippen molar-refractivity contribution in [3.63, 3.8) is 0 Å². The second kappa shape index (κ2) is 13.2. The Morgan fingerprint density at radius 2 is 1.15 bits per heavy atom. The predicted octanol–water partition coefficient (Wildman–Crippen LogP) is 15.0. The summed E-state index contributed by atoms with van der Waals surface area (Å²) in [5, 5.41) is 6.59. The van der Waals surface area contributed by atoms with E-state index in [2.05, 4.69) is 227 Å². The van der Waals surface area contributed by atoms with Crippen LogP contribution in [0.2, 0.25) is 0 Å². The van der Waals surface area contributed by atoms with Crippen molar-refractivity contribution < 1.29 is 0 Å². The van der Waals surface area contributed by atoms with Crippen LogP contribution in [0.15, 0.2) is 164 Å². The standard InChI is InChI=1S/C57H48BN3S/c1-35-15-8-12-21-47(35)60-48-34-41(59(39-27-23-37(24-28-39)56(2,3)4)40-29-25-38(26-30-40)57(5,6)7)31-32-46(48)58-53-49(60)33-36-16-9-10-17-42(36)51(53)44-19-14-20-45-52-43-18-11-13-22-50(43)62-55(52)61(58)54(44)45/h8-34H,1-7H3. The van der Waals surface area contributed by atoms with Gasteiger partial charge in [-0.1, -0.05) is 151 Å². The van der Waals surface area contributed by atoms with Crippen molar-refractivity contribution in [1.29, 1.82) is 0 Å². The Kier molecular flexibility index (Phi) is 7.94. The van der Waals surface area contributed by atoms with Crippen LogP contribution in [-0.2, 0) is 10.8 Å². The molecule has 0 fully saturated rings. The van der Waals surface area contributed by atoms with E-state index in [1.807, 2.05) is 11.3 Å². The molecule has 2 aliphatic rings. The van der Waals surface area contributed by atoms with Gasteiger partial charge in [-0.05, 0) is 116 Å². The summed E-state index contributed by atoms with van der Waals surface area (Å²) in [5.74, 6) is 0. The fourth-order valence-electron chi connectivity index (χ4n) is 10.5. The summed E-state index contributed by atoms with van der Waals surface area (Å²) >= 11 is 1.93. The van der Waals surface area contributed by atoms with Gasteiger partial charge in [-0.2, -0.15) is 0 Å². The van der Waals surface area contributed by atoms with E-state index >= 15 is 0 Å². The minimum atomic E-state index is -0.0394. The molecule has 4 heterocycles. The van der Waals surface area contributed by atoms with Gasteiger partial charge in [0.2, 0.25) is 0 Å². The Bertz CT molecular complexity index is 3390. The molecular formula is C57H48BN3S. The highest BCUT2D eigenvalue weighted by Crippen LogP contribution is 2.51. The molecule has 2 aromatic heterocycles. The first kappa shape index (κ1) is 37.2. The minimum Gasteiger partial charge on any atom is -0.367 e. The van der Waals surface area contributed by atoms with Crippen molar-refractivity contribution in [3.8, 4) is 11.1 Å². The van der Waals surface area contributed by atoms with E-state index in [1.165, 1.54) is 97.8 Å². The fourth-order valence-corrected chi connectivity index (χ4v) is 11.8. The molecule has 300 valence electrons. The van der Waals surface area contributed by atoms with Gasteiger partial charge in [0, 0.05) is 66.1 Å². The van der Waals surface area contributed by atoms with Gasteiger partial charge in [-0.15, -0.1) is 11.3 Å². The Morgan fingerprint density at radius 3 is 1.84 bits per heavy atom. The molecular weight excluding hydrogens is 770 g/mol. The highest BCUT2D eigenvalue weighted by Gasteiger charge is 2.44. The lowest BCUT2D eigenvalue weighted by Gasteiger charge is -2.42. The first-order chi connectivity index (χ1) is 30.0. The summed E-state index contributed by atoms with van der Waals surface area (Å²) in [6, 6.07) is 62.1. The number of fused-ring (bicyclic) bond motifs is 11. The van der Waals surface area contributed by atoms with Gasteiger partial charge in [-0.3, -0.25) is 0 Å². The van der Waals surface area contributed by atoms with Crippen molar-refractivity contribution in [2.45, 2.75) is 59.3 Å². The molecule has 0 spiro atoms. The van der Waals surface area contributed by atoms with Crippen LogP contribution < -0.4 is 20.7 Å². The molecule has 5 heteroatoms. The molecule has 10 aromatic rings. The zero-order valence-electron chi connectivity index (χ0n) is 36.4. The molecule has 0 bridgehead atoms. The maximum atomic E-state index is 2.72. The second-order valence-corrected chi connectivity index (χ2v) is 20.5. The third-order valence-electron chi connectivity index (χ3n) is 13.6. The van der Waals surface area contributed by atoms with E-state index in [1.54, 1.807) is 0 Å². The summed E-state index contributed by atoms with van der Waals surface area (Å²) in [5.41, 5.74) is 17.7. The molecule has 0 aliphatic carbocycles. The predicted molar refractivity (Wildman–Crippen MR) is 270 cm³/mol.